The van der Waals surface area contributed by atoms with Crippen LogP contribution >= 0.6 is 0 Å². The minimum atomic E-state index is -0.235. The molecule has 462 valence electrons. The predicted molar refractivity (Wildman–Crippen MR) is 335 cm³/mol. The Bertz CT molecular complexity index is 2340. The van der Waals surface area contributed by atoms with Crippen molar-refractivity contribution >= 4 is 17.5 Å². The van der Waals surface area contributed by atoms with Crippen molar-refractivity contribution in [1.82, 2.24) is 10.6 Å². The van der Waals surface area contributed by atoms with Gasteiger partial charge in [-0.15, -0.1) is 0 Å². The van der Waals surface area contributed by atoms with E-state index in [-0.39, 0.29) is 11.8 Å². The highest BCUT2D eigenvalue weighted by Gasteiger charge is 2.20. The fourth-order valence-electron chi connectivity index (χ4n) is 9.44. The van der Waals surface area contributed by atoms with Crippen molar-refractivity contribution < 1.29 is 52.7 Å². The van der Waals surface area contributed by atoms with Gasteiger partial charge < -0.3 is 53.7 Å². The van der Waals surface area contributed by atoms with Gasteiger partial charge in [-0.1, -0.05) is 161 Å². The van der Waals surface area contributed by atoms with E-state index in [0.717, 1.165) is 68.2 Å². The quantitative estimate of drug-likeness (QED) is 0.0167. The van der Waals surface area contributed by atoms with Crippen molar-refractivity contribution in [1.29, 1.82) is 0 Å². The van der Waals surface area contributed by atoms with Crippen LogP contribution in [0.5, 0.6) is 34.5 Å². The molecular weight excluding hydrogens is 1050 g/mol. The highest BCUT2D eigenvalue weighted by Crippen LogP contribution is 2.40. The summed E-state index contributed by atoms with van der Waals surface area (Å²) in [7, 11) is 0. The number of oxime groups is 1. The molecule has 0 aromatic heterocycles. The molecule has 0 atom stereocenters. The number of amides is 2. The van der Waals surface area contributed by atoms with Gasteiger partial charge in [-0.05, 0) is 123 Å². The fraction of sp³-hybridized carbons (Fsp3) is 0.609. The first-order chi connectivity index (χ1) is 40.7. The van der Waals surface area contributed by atoms with Crippen LogP contribution in [-0.2, 0) is 9.47 Å². The number of benzene rings is 4. The second-order valence-corrected chi connectivity index (χ2v) is 21.6. The van der Waals surface area contributed by atoms with Crippen LogP contribution in [0.4, 0.5) is 0 Å². The third-order valence-electron chi connectivity index (χ3n) is 14.6. The molecule has 0 fully saturated rings. The van der Waals surface area contributed by atoms with Gasteiger partial charge in [-0.25, -0.2) is 0 Å². The van der Waals surface area contributed by atoms with Crippen molar-refractivity contribution in [2.24, 2.45) is 5.16 Å². The van der Waals surface area contributed by atoms with Crippen molar-refractivity contribution in [3.63, 3.8) is 0 Å². The van der Waals surface area contributed by atoms with Gasteiger partial charge in [0.15, 0.2) is 11.5 Å². The second kappa shape index (κ2) is 44.5. The molecule has 0 saturated heterocycles. The second-order valence-electron chi connectivity index (χ2n) is 21.6. The molecule has 83 heavy (non-hydrogen) atoms. The molecule has 0 aliphatic rings. The summed E-state index contributed by atoms with van der Waals surface area (Å²) in [5, 5.41) is 19.6. The van der Waals surface area contributed by atoms with Crippen LogP contribution in [-0.4, -0.2) is 102 Å². The molecular formula is C69H105N3O11. The Labute approximate surface area is 499 Å². The molecule has 0 aliphatic heterocycles. The van der Waals surface area contributed by atoms with Gasteiger partial charge in [0.1, 0.15) is 36.2 Å². The zero-order valence-electron chi connectivity index (χ0n) is 51.9. The highest BCUT2D eigenvalue weighted by atomic mass is 16.5. The average molecular weight is 1150 g/mol. The summed E-state index contributed by atoms with van der Waals surface area (Å²) in [6.07, 6.45) is 28.0. The summed E-state index contributed by atoms with van der Waals surface area (Å²) in [6.45, 7) is 17.9. The number of hydrogen-bond acceptors (Lipinski definition) is 12. The Morgan fingerprint density at radius 3 is 1.13 bits per heavy atom. The van der Waals surface area contributed by atoms with Crippen LogP contribution in [0.1, 0.15) is 225 Å². The SMILES string of the molecule is CCCCCCCCOc1cc(C(=O)NCCOCCOc2ccc(/C(=N\O)c3ccc(OCCOCCNC(=O)c4cc(OCCCCCCCC)c(OCCCCCCCC)c(OCCCCCCCC)c4)cc3)cc2)cc(C)c1C. The first-order valence-electron chi connectivity index (χ1n) is 31.9. The number of carbonyl (C=O) groups is 2. The van der Waals surface area contributed by atoms with Crippen LogP contribution in [0.2, 0.25) is 0 Å². The Hall–Kier alpha value is -5.99. The smallest absolute Gasteiger partial charge is 0.251 e. The number of ether oxygens (including phenoxy) is 8. The molecule has 0 heterocycles. The highest BCUT2D eigenvalue weighted by molar-refractivity contribution is 6.12. The zero-order valence-corrected chi connectivity index (χ0v) is 51.9. The number of nitrogens with one attached hydrogen (secondary N) is 2. The number of rotatable bonds is 50. The summed E-state index contributed by atoms with van der Waals surface area (Å²) in [6, 6.07) is 21.9. The van der Waals surface area contributed by atoms with E-state index < -0.39 is 0 Å². The minimum absolute atomic E-state index is 0.161. The Balaban J connectivity index is 1.17. The first kappa shape index (κ1) is 69.5. The van der Waals surface area contributed by atoms with Gasteiger partial charge in [0, 0.05) is 35.3 Å². The van der Waals surface area contributed by atoms with Crippen molar-refractivity contribution in [3.8, 4) is 34.5 Å². The van der Waals surface area contributed by atoms with E-state index in [9.17, 15) is 14.8 Å². The largest absolute Gasteiger partial charge is 0.493 e. The molecule has 3 N–H and O–H groups in total. The van der Waals surface area contributed by atoms with Crippen molar-refractivity contribution in [2.75, 3.05) is 79.2 Å². The molecule has 2 amide bonds. The molecule has 0 unspecified atom stereocenters. The van der Waals surface area contributed by atoms with Gasteiger partial charge in [-0.2, -0.15) is 0 Å². The Morgan fingerprint density at radius 1 is 0.386 bits per heavy atom. The maximum atomic E-state index is 13.7. The fourth-order valence-corrected chi connectivity index (χ4v) is 9.44. The van der Waals surface area contributed by atoms with Crippen LogP contribution in [0.25, 0.3) is 0 Å². The molecule has 14 heteroatoms. The topological polar surface area (TPSA) is 165 Å². The molecule has 0 radical (unpaired) electrons. The van der Waals surface area contributed by atoms with E-state index in [1.807, 2.05) is 74.5 Å². The third kappa shape index (κ3) is 28.9. The molecule has 0 spiro atoms. The number of aryl methyl sites for hydroxylation is 1. The monoisotopic (exact) mass is 1150 g/mol. The summed E-state index contributed by atoms with van der Waals surface area (Å²) in [5.74, 6) is 3.35. The lowest BCUT2D eigenvalue weighted by atomic mass is 10.0. The summed E-state index contributed by atoms with van der Waals surface area (Å²) in [5.41, 5.74) is 4.93. The van der Waals surface area contributed by atoms with Gasteiger partial charge in [0.25, 0.3) is 11.8 Å². The molecule has 4 aromatic rings. The number of unbranched alkanes of at least 4 members (excludes halogenated alkanes) is 20. The summed E-state index contributed by atoms with van der Waals surface area (Å²) < 4.78 is 48.7. The van der Waals surface area contributed by atoms with E-state index in [1.165, 1.54) is 103 Å². The first-order valence-corrected chi connectivity index (χ1v) is 31.9. The molecule has 4 aromatic carbocycles. The van der Waals surface area contributed by atoms with Gasteiger partial charge >= 0.3 is 0 Å². The van der Waals surface area contributed by atoms with Crippen molar-refractivity contribution in [3.05, 3.63) is 106 Å². The average Bonchev–Trinajstić information content (AvgIpc) is 3.70. The lowest BCUT2D eigenvalue weighted by Gasteiger charge is -2.19. The molecule has 14 nitrogen and oxygen atoms in total. The number of carbonyl (C=O) groups excluding carboxylic acids is 2. The molecule has 0 bridgehead atoms. The predicted octanol–water partition coefficient (Wildman–Crippen LogP) is 16.1. The zero-order chi connectivity index (χ0) is 59.4. The molecule has 0 saturated carbocycles. The maximum Gasteiger partial charge on any atom is 0.251 e. The van der Waals surface area contributed by atoms with Gasteiger partial charge in [0.05, 0.1) is 52.9 Å². The standard InChI is InChI=1S/C69H105N3O11/c1-7-11-15-19-23-27-41-80-63-52-59(51-55(5)56(63)6)68(73)70-39-45-76-47-49-78-61-35-31-57(32-36-61)66(72-75)58-33-37-62(38-34-58)79-50-48-77-46-40-71-69(74)60-53-64(81-42-28-24-20-16-12-8-2)67(83-44-30-26-22-18-14-10-4)65(54-60)82-43-29-25-21-17-13-9-3/h31-38,51-54,75H,7-30,39-50H2,1-6H3,(H,70,73)(H,71,74)/b72-66+. The van der Waals surface area contributed by atoms with Crippen LogP contribution < -0.4 is 39.1 Å². The third-order valence-corrected chi connectivity index (χ3v) is 14.6. The van der Waals surface area contributed by atoms with Crippen LogP contribution in [0, 0.1) is 13.8 Å². The lowest BCUT2D eigenvalue weighted by Crippen LogP contribution is -2.28. The van der Waals surface area contributed by atoms with Crippen LogP contribution in [0.3, 0.4) is 0 Å². The maximum absolute atomic E-state index is 13.7. The summed E-state index contributed by atoms with van der Waals surface area (Å²) >= 11 is 0. The Morgan fingerprint density at radius 2 is 0.735 bits per heavy atom. The molecule has 4 rings (SSSR count). The minimum Gasteiger partial charge on any atom is -0.493 e. The number of nitrogens with zero attached hydrogens (tertiary/aromatic N) is 1. The van der Waals surface area contributed by atoms with Crippen molar-refractivity contribution in [2.45, 2.75) is 196 Å². The number of hydrogen-bond donors (Lipinski definition) is 3. The van der Waals surface area contributed by atoms with Crippen LogP contribution in [0.15, 0.2) is 78.0 Å². The van der Waals surface area contributed by atoms with E-state index in [2.05, 4.69) is 43.5 Å². The molecule has 0 aliphatic carbocycles. The summed E-state index contributed by atoms with van der Waals surface area (Å²) in [4.78, 5) is 26.6. The van der Waals surface area contributed by atoms with E-state index >= 15 is 0 Å². The van der Waals surface area contributed by atoms with Gasteiger partial charge in [0.2, 0.25) is 5.75 Å². The normalized spacial score (nSPS) is 11.4. The van der Waals surface area contributed by atoms with E-state index in [0.29, 0.717) is 136 Å². The lowest BCUT2D eigenvalue weighted by molar-refractivity contribution is 0.0861. The van der Waals surface area contributed by atoms with Gasteiger partial charge in [-0.3, -0.25) is 9.59 Å². The Kier molecular flexibility index (Phi) is 37.3. The van der Waals surface area contributed by atoms with E-state index in [1.54, 1.807) is 12.1 Å². The van der Waals surface area contributed by atoms with E-state index in [4.69, 9.17) is 37.9 Å².